The SMILES string of the molecule is Cn1ncc2c3nc4c(cc3ccc21)COc1ccc2ccccc2c1-4. The molecule has 6 rings (SSSR count). The van der Waals surface area contributed by atoms with E-state index in [-0.39, 0.29) is 0 Å². The third kappa shape index (κ3) is 1.73. The molecular formula is C22H15N3O. The maximum Gasteiger partial charge on any atom is 0.129 e. The number of nitrogens with zero attached hydrogens (tertiary/aromatic N) is 3. The van der Waals surface area contributed by atoms with Gasteiger partial charge in [0.15, 0.2) is 0 Å². The molecule has 0 unspecified atom stereocenters. The van der Waals surface area contributed by atoms with Gasteiger partial charge in [0.25, 0.3) is 0 Å². The molecule has 0 aliphatic carbocycles. The van der Waals surface area contributed by atoms with Crippen LogP contribution in [0.15, 0.2) is 60.8 Å². The van der Waals surface area contributed by atoms with Crippen molar-refractivity contribution in [2.24, 2.45) is 7.05 Å². The summed E-state index contributed by atoms with van der Waals surface area (Å²) in [6, 6.07) is 19.0. The van der Waals surface area contributed by atoms with Crippen LogP contribution in [0.4, 0.5) is 0 Å². The highest BCUT2D eigenvalue weighted by Crippen LogP contribution is 2.42. The minimum absolute atomic E-state index is 0.550. The second kappa shape index (κ2) is 4.82. The van der Waals surface area contributed by atoms with Crippen LogP contribution < -0.4 is 4.74 Å². The fourth-order valence-electron chi connectivity index (χ4n) is 4.01. The van der Waals surface area contributed by atoms with E-state index in [4.69, 9.17) is 9.72 Å². The summed E-state index contributed by atoms with van der Waals surface area (Å²) in [6.07, 6.45) is 1.90. The normalized spacial score (nSPS) is 13.0. The minimum Gasteiger partial charge on any atom is -0.488 e. The van der Waals surface area contributed by atoms with Gasteiger partial charge in [-0.25, -0.2) is 4.98 Å². The van der Waals surface area contributed by atoms with Gasteiger partial charge in [-0.3, -0.25) is 4.68 Å². The van der Waals surface area contributed by atoms with Crippen molar-refractivity contribution in [3.8, 4) is 17.0 Å². The first-order valence-electron chi connectivity index (χ1n) is 8.69. The summed E-state index contributed by atoms with van der Waals surface area (Å²) in [7, 11) is 1.96. The Morgan fingerprint density at radius 3 is 2.81 bits per heavy atom. The van der Waals surface area contributed by atoms with E-state index >= 15 is 0 Å². The zero-order chi connectivity index (χ0) is 17.3. The molecule has 3 aromatic carbocycles. The molecule has 2 aromatic heterocycles. The van der Waals surface area contributed by atoms with E-state index in [1.165, 1.54) is 10.8 Å². The molecule has 5 aromatic rings. The van der Waals surface area contributed by atoms with Crippen molar-refractivity contribution < 1.29 is 4.74 Å². The lowest BCUT2D eigenvalue weighted by Crippen LogP contribution is -2.07. The first kappa shape index (κ1) is 13.8. The largest absolute Gasteiger partial charge is 0.488 e. The van der Waals surface area contributed by atoms with Gasteiger partial charge >= 0.3 is 0 Å². The molecule has 4 heteroatoms. The standard InChI is InChI=1S/C22H15N3O/c1-25-18-8-6-14-10-15-12-26-19-9-7-13-4-2-3-5-16(13)20(19)22(15)24-21(14)17(18)11-23-25/h2-11H,12H2,1H3. The lowest BCUT2D eigenvalue weighted by molar-refractivity contribution is 0.302. The van der Waals surface area contributed by atoms with E-state index in [2.05, 4.69) is 59.7 Å². The lowest BCUT2D eigenvalue weighted by atomic mass is 9.95. The molecule has 4 nitrogen and oxygen atoms in total. The van der Waals surface area contributed by atoms with Crippen molar-refractivity contribution in [1.29, 1.82) is 0 Å². The van der Waals surface area contributed by atoms with E-state index in [0.717, 1.165) is 44.4 Å². The second-order valence-corrected chi connectivity index (χ2v) is 6.78. The number of hydrogen-bond acceptors (Lipinski definition) is 3. The van der Waals surface area contributed by atoms with Crippen LogP contribution in [0, 0.1) is 0 Å². The highest BCUT2D eigenvalue weighted by atomic mass is 16.5. The summed E-state index contributed by atoms with van der Waals surface area (Å²) in [5.74, 6) is 0.904. The van der Waals surface area contributed by atoms with Crippen molar-refractivity contribution in [2.45, 2.75) is 6.61 Å². The Morgan fingerprint density at radius 1 is 0.962 bits per heavy atom. The molecule has 26 heavy (non-hydrogen) atoms. The molecule has 124 valence electrons. The lowest BCUT2D eigenvalue weighted by Gasteiger charge is -2.22. The Bertz CT molecular complexity index is 1350. The van der Waals surface area contributed by atoms with Crippen LogP contribution in [0.2, 0.25) is 0 Å². The second-order valence-electron chi connectivity index (χ2n) is 6.78. The molecule has 0 fully saturated rings. The Balaban J connectivity index is 1.77. The summed E-state index contributed by atoms with van der Waals surface area (Å²) >= 11 is 0. The number of pyridine rings is 1. The predicted molar refractivity (Wildman–Crippen MR) is 103 cm³/mol. The number of ether oxygens (including phenoxy) is 1. The number of rotatable bonds is 0. The summed E-state index contributed by atoms with van der Waals surface area (Å²) < 4.78 is 7.93. The molecule has 0 saturated heterocycles. The maximum absolute atomic E-state index is 6.04. The van der Waals surface area contributed by atoms with Gasteiger partial charge in [0.2, 0.25) is 0 Å². The van der Waals surface area contributed by atoms with E-state index in [9.17, 15) is 0 Å². The van der Waals surface area contributed by atoms with Crippen molar-refractivity contribution in [3.05, 3.63) is 66.4 Å². The van der Waals surface area contributed by atoms with E-state index < -0.39 is 0 Å². The summed E-state index contributed by atoms with van der Waals surface area (Å²) in [6.45, 7) is 0.550. The van der Waals surface area contributed by atoms with E-state index in [0.29, 0.717) is 6.61 Å². The van der Waals surface area contributed by atoms with Gasteiger partial charge < -0.3 is 4.74 Å². The molecule has 0 atom stereocenters. The van der Waals surface area contributed by atoms with Gasteiger partial charge in [-0.05, 0) is 29.0 Å². The quantitative estimate of drug-likeness (QED) is 0.406. The van der Waals surface area contributed by atoms with E-state index in [1.807, 2.05) is 17.9 Å². The Labute approximate surface area is 149 Å². The third-order valence-corrected chi connectivity index (χ3v) is 5.30. The van der Waals surface area contributed by atoms with Crippen LogP contribution in [-0.2, 0) is 13.7 Å². The maximum atomic E-state index is 6.04. The Kier molecular flexibility index (Phi) is 2.57. The fraction of sp³-hybridized carbons (Fsp3) is 0.0909. The van der Waals surface area contributed by atoms with Crippen molar-refractivity contribution >= 4 is 32.6 Å². The Hall–Kier alpha value is -3.40. The topological polar surface area (TPSA) is 39.9 Å². The van der Waals surface area contributed by atoms with Crippen LogP contribution in [0.25, 0.3) is 43.8 Å². The van der Waals surface area contributed by atoms with Gasteiger partial charge in [0.05, 0.1) is 28.5 Å². The van der Waals surface area contributed by atoms with Gasteiger partial charge in [0, 0.05) is 23.4 Å². The third-order valence-electron chi connectivity index (χ3n) is 5.30. The number of benzene rings is 3. The van der Waals surface area contributed by atoms with Gasteiger partial charge in [-0.15, -0.1) is 0 Å². The molecule has 0 radical (unpaired) electrons. The smallest absolute Gasteiger partial charge is 0.129 e. The predicted octanol–water partition coefficient (Wildman–Crippen LogP) is 4.83. The van der Waals surface area contributed by atoms with Crippen molar-refractivity contribution in [1.82, 2.24) is 14.8 Å². The molecule has 0 bridgehead atoms. The summed E-state index contributed by atoms with van der Waals surface area (Å²) in [4.78, 5) is 5.12. The average molecular weight is 337 g/mol. The van der Waals surface area contributed by atoms with Crippen LogP contribution in [0.3, 0.4) is 0 Å². The zero-order valence-electron chi connectivity index (χ0n) is 14.2. The van der Waals surface area contributed by atoms with Crippen molar-refractivity contribution in [2.75, 3.05) is 0 Å². The first-order valence-corrected chi connectivity index (χ1v) is 8.69. The summed E-state index contributed by atoms with van der Waals surface area (Å²) in [5, 5.41) is 8.99. The fourth-order valence-corrected chi connectivity index (χ4v) is 4.01. The number of aryl methyl sites for hydroxylation is 1. The van der Waals surface area contributed by atoms with Crippen LogP contribution in [-0.4, -0.2) is 14.8 Å². The first-order chi connectivity index (χ1) is 12.8. The van der Waals surface area contributed by atoms with Gasteiger partial charge in [-0.2, -0.15) is 5.10 Å². The molecule has 0 spiro atoms. The zero-order valence-corrected chi connectivity index (χ0v) is 14.2. The highest BCUT2D eigenvalue weighted by Gasteiger charge is 2.22. The van der Waals surface area contributed by atoms with Gasteiger partial charge in [0.1, 0.15) is 12.4 Å². The van der Waals surface area contributed by atoms with Crippen molar-refractivity contribution in [3.63, 3.8) is 0 Å². The molecule has 0 amide bonds. The van der Waals surface area contributed by atoms with Crippen LogP contribution >= 0.6 is 0 Å². The van der Waals surface area contributed by atoms with Crippen LogP contribution in [0.1, 0.15) is 5.56 Å². The molecule has 3 heterocycles. The molecule has 0 N–H and O–H groups in total. The number of aromatic nitrogens is 3. The van der Waals surface area contributed by atoms with E-state index in [1.54, 1.807) is 0 Å². The monoisotopic (exact) mass is 337 g/mol. The molecular weight excluding hydrogens is 322 g/mol. The molecule has 0 saturated carbocycles. The van der Waals surface area contributed by atoms with Gasteiger partial charge in [-0.1, -0.05) is 36.4 Å². The van der Waals surface area contributed by atoms with Crippen LogP contribution in [0.5, 0.6) is 5.75 Å². The highest BCUT2D eigenvalue weighted by molar-refractivity contribution is 6.07. The Morgan fingerprint density at radius 2 is 1.85 bits per heavy atom. The number of hydrogen-bond donors (Lipinski definition) is 0. The average Bonchev–Trinajstić information content (AvgIpc) is 3.07. The molecule has 1 aliphatic rings. The summed E-state index contributed by atoms with van der Waals surface area (Å²) in [5.41, 5.74) is 5.33. The minimum atomic E-state index is 0.550. The number of fused-ring (bicyclic) bond motifs is 8. The molecule has 1 aliphatic heterocycles.